The summed E-state index contributed by atoms with van der Waals surface area (Å²) in [5.41, 5.74) is 2.06. The van der Waals surface area contributed by atoms with Gasteiger partial charge in [0.1, 0.15) is 5.82 Å². The van der Waals surface area contributed by atoms with Crippen LogP contribution in [-0.2, 0) is 16.7 Å². The van der Waals surface area contributed by atoms with Crippen LogP contribution in [0.4, 0.5) is 0 Å². The predicted octanol–water partition coefficient (Wildman–Crippen LogP) is 3.63. The lowest BCUT2D eigenvalue weighted by Crippen LogP contribution is -2.20. The van der Waals surface area contributed by atoms with E-state index in [0.717, 1.165) is 28.4 Å². The quantitative estimate of drug-likeness (QED) is 0.848. The number of aromatic nitrogens is 2. The third-order valence-corrected chi connectivity index (χ3v) is 3.14. The van der Waals surface area contributed by atoms with Crippen LogP contribution < -0.4 is 0 Å². The maximum Gasteiger partial charge on any atom is 0.115 e. The Hall–Kier alpha value is -1.06. The van der Waals surface area contributed by atoms with E-state index in [-0.39, 0.29) is 5.41 Å². The molecule has 0 amide bonds. The molecular weight excluding hydrogens is 248 g/mol. The van der Waals surface area contributed by atoms with Gasteiger partial charge in [-0.25, -0.2) is 4.98 Å². The van der Waals surface area contributed by atoms with E-state index in [9.17, 15) is 0 Å². The second-order valence-corrected chi connectivity index (χ2v) is 5.90. The largest absolute Gasteiger partial charge is 0.383 e. The first-order valence-corrected chi connectivity index (χ1v) is 6.46. The van der Waals surface area contributed by atoms with Gasteiger partial charge in [0.2, 0.25) is 0 Å². The molecule has 0 N–H and O–H groups in total. The molecule has 2 aromatic rings. The van der Waals surface area contributed by atoms with Gasteiger partial charge in [0, 0.05) is 24.1 Å². The molecule has 0 spiro atoms. The van der Waals surface area contributed by atoms with Crippen LogP contribution in [0.1, 0.15) is 26.6 Å². The van der Waals surface area contributed by atoms with Gasteiger partial charge in [-0.3, -0.25) is 0 Å². The monoisotopic (exact) mass is 266 g/mol. The van der Waals surface area contributed by atoms with Gasteiger partial charge in [-0.05, 0) is 18.2 Å². The number of benzene rings is 1. The fourth-order valence-corrected chi connectivity index (χ4v) is 2.25. The first kappa shape index (κ1) is 13.4. The Balaban J connectivity index is 2.60. The zero-order valence-electron chi connectivity index (χ0n) is 11.3. The molecule has 0 aliphatic carbocycles. The SMILES string of the molecule is COCCn1c(C(C)(C)C)nc2cc(Cl)ccc21. The van der Waals surface area contributed by atoms with E-state index >= 15 is 0 Å². The Bertz CT molecular complexity index is 555. The van der Waals surface area contributed by atoms with Gasteiger partial charge in [0.25, 0.3) is 0 Å². The summed E-state index contributed by atoms with van der Waals surface area (Å²) in [6, 6.07) is 5.84. The van der Waals surface area contributed by atoms with Gasteiger partial charge in [-0.15, -0.1) is 0 Å². The number of halogens is 1. The molecule has 0 saturated heterocycles. The molecule has 0 aliphatic heterocycles. The van der Waals surface area contributed by atoms with Gasteiger partial charge in [0.15, 0.2) is 0 Å². The molecule has 4 heteroatoms. The maximum atomic E-state index is 6.02. The van der Waals surface area contributed by atoms with E-state index in [4.69, 9.17) is 21.3 Å². The lowest BCUT2D eigenvalue weighted by atomic mass is 9.95. The van der Waals surface area contributed by atoms with Crippen molar-refractivity contribution < 1.29 is 4.74 Å². The molecule has 0 unspecified atom stereocenters. The van der Waals surface area contributed by atoms with E-state index in [1.807, 2.05) is 18.2 Å². The molecule has 98 valence electrons. The van der Waals surface area contributed by atoms with Crippen LogP contribution in [0, 0.1) is 0 Å². The summed E-state index contributed by atoms with van der Waals surface area (Å²) in [6.45, 7) is 7.98. The number of imidazole rings is 1. The molecule has 0 saturated carbocycles. The number of rotatable bonds is 3. The third-order valence-electron chi connectivity index (χ3n) is 2.90. The predicted molar refractivity (Wildman–Crippen MR) is 75.3 cm³/mol. The van der Waals surface area contributed by atoms with Crippen LogP contribution in [0.5, 0.6) is 0 Å². The van der Waals surface area contributed by atoms with Gasteiger partial charge in [-0.2, -0.15) is 0 Å². The van der Waals surface area contributed by atoms with Crippen LogP contribution in [0.15, 0.2) is 18.2 Å². The Morgan fingerprint density at radius 3 is 2.67 bits per heavy atom. The standard InChI is InChI=1S/C14H19ClN2O/c1-14(2,3)13-16-11-9-10(15)5-6-12(11)17(13)7-8-18-4/h5-6,9H,7-8H2,1-4H3. The van der Waals surface area contributed by atoms with Crippen molar-refractivity contribution in [1.29, 1.82) is 0 Å². The molecule has 0 fully saturated rings. The van der Waals surface area contributed by atoms with Crippen molar-refractivity contribution in [3.8, 4) is 0 Å². The average Bonchev–Trinajstić information content (AvgIpc) is 2.63. The van der Waals surface area contributed by atoms with Crippen LogP contribution in [0.2, 0.25) is 5.02 Å². The molecule has 0 bridgehead atoms. The lowest BCUT2D eigenvalue weighted by molar-refractivity contribution is 0.186. The first-order chi connectivity index (χ1) is 8.43. The summed E-state index contributed by atoms with van der Waals surface area (Å²) in [5.74, 6) is 1.07. The summed E-state index contributed by atoms with van der Waals surface area (Å²) >= 11 is 6.02. The zero-order chi connectivity index (χ0) is 13.3. The molecule has 0 aliphatic rings. The molecule has 1 heterocycles. The Morgan fingerprint density at radius 2 is 2.06 bits per heavy atom. The number of hydrogen-bond acceptors (Lipinski definition) is 2. The molecule has 1 aromatic heterocycles. The van der Waals surface area contributed by atoms with Crippen molar-refractivity contribution in [2.24, 2.45) is 0 Å². The van der Waals surface area contributed by atoms with Gasteiger partial charge in [0.05, 0.1) is 17.6 Å². The highest BCUT2D eigenvalue weighted by atomic mass is 35.5. The summed E-state index contributed by atoms with van der Waals surface area (Å²) in [6.07, 6.45) is 0. The van der Waals surface area contributed by atoms with Crippen molar-refractivity contribution in [1.82, 2.24) is 9.55 Å². The highest BCUT2D eigenvalue weighted by molar-refractivity contribution is 6.31. The minimum absolute atomic E-state index is 0.000756. The fourth-order valence-electron chi connectivity index (χ4n) is 2.08. The second-order valence-electron chi connectivity index (χ2n) is 5.46. The smallest absolute Gasteiger partial charge is 0.115 e. The van der Waals surface area contributed by atoms with Gasteiger partial charge < -0.3 is 9.30 Å². The number of methoxy groups -OCH3 is 1. The summed E-state index contributed by atoms with van der Waals surface area (Å²) in [5, 5.41) is 0.722. The fraction of sp³-hybridized carbons (Fsp3) is 0.500. The van der Waals surface area contributed by atoms with E-state index in [1.54, 1.807) is 7.11 Å². The topological polar surface area (TPSA) is 27.1 Å². The van der Waals surface area contributed by atoms with Crippen molar-refractivity contribution in [3.05, 3.63) is 29.0 Å². The first-order valence-electron chi connectivity index (χ1n) is 6.08. The second kappa shape index (κ2) is 4.90. The van der Waals surface area contributed by atoms with Crippen LogP contribution >= 0.6 is 11.6 Å². The third kappa shape index (κ3) is 2.52. The Labute approximate surface area is 113 Å². The highest BCUT2D eigenvalue weighted by Crippen LogP contribution is 2.27. The minimum atomic E-state index is -0.000756. The lowest BCUT2D eigenvalue weighted by Gasteiger charge is -2.20. The van der Waals surface area contributed by atoms with Crippen molar-refractivity contribution in [3.63, 3.8) is 0 Å². The van der Waals surface area contributed by atoms with Gasteiger partial charge >= 0.3 is 0 Å². The minimum Gasteiger partial charge on any atom is -0.383 e. The Morgan fingerprint density at radius 1 is 1.33 bits per heavy atom. The molecule has 0 atom stereocenters. The van der Waals surface area contributed by atoms with Crippen LogP contribution in [-0.4, -0.2) is 23.3 Å². The van der Waals surface area contributed by atoms with Crippen molar-refractivity contribution in [2.45, 2.75) is 32.7 Å². The van der Waals surface area contributed by atoms with Crippen molar-refractivity contribution in [2.75, 3.05) is 13.7 Å². The Kier molecular flexibility index (Phi) is 3.64. The van der Waals surface area contributed by atoms with Gasteiger partial charge in [-0.1, -0.05) is 32.4 Å². The van der Waals surface area contributed by atoms with E-state index in [2.05, 4.69) is 25.3 Å². The summed E-state index contributed by atoms with van der Waals surface area (Å²) in [4.78, 5) is 4.72. The molecule has 0 radical (unpaired) electrons. The number of hydrogen-bond donors (Lipinski definition) is 0. The molecule has 3 nitrogen and oxygen atoms in total. The summed E-state index contributed by atoms with van der Waals surface area (Å²) in [7, 11) is 1.72. The van der Waals surface area contributed by atoms with Crippen LogP contribution in [0.3, 0.4) is 0 Å². The number of fused-ring (bicyclic) bond motifs is 1. The van der Waals surface area contributed by atoms with E-state index < -0.39 is 0 Å². The van der Waals surface area contributed by atoms with E-state index in [1.165, 1.54) is 0 Å². The van der Waals surface area contributed by atoms with E-state index in [0.29, 0.717) is 6.61 Å². The highest BCUT2D eigenvalue weighted by Gasteiger charge is 2.22. The molecule has 18 heavy (non-hydrogen) atoms. The van der Waals surface area contributed by atoms with Crippen molar-refractivity contribution >= 4 is 22.6 Å². The normalized spacial score (nSPS) is 12.3. The number of nitrogens with zero attached hydrogens (tertiary/aromatic N) is 2. The average molecular weight is 267 g/mol. The summed E-state index contributed by atoms with van der Waals surface area (Å²) < 4.78 is 7.40. The number of ether oxygens (including phenoxy) is 1. The molecular formula is C14H19ClN2O. The zero-order valence-corrected chi connectivity index (χ0v) is 12.1. The molecule has 2 rings (SSSR count). The van der Waals surface area contributed by atoms with Crippen LogP contribution in [0.25, 0.3) is 11.0 Å². The molecule has 1 aromatic carbocycles. The maximum absolute atomic E-state index is 6.02.